The van der Waals surface area contributed by atoms with Gasteiger partial charge in [-0.05, 0) is 79.5 Å². The van der Waals surface area contributed by atoms with Crippen molar-refractivity contribution in [3.8, 4) is 11.1 Å². The molecule has 1 amide bonds. The highest BCUT2D eigenvalue weighted by Crippen LogP contribution is 2.42. The van der Waals surface area contributed by atoms with E-state index in [4.69, 9.17) is 4.74 Å². The van der Waals surface area contributed by atoms with Gasteiger partial charge in [0.15, 0.2) is 5.78 Å². The number of Topliss-reactive ketones (excluding diaryl/α,β-unsaturated/α-hetero) is 1. The summed E-state index contributed by atoms with van der Waals surface area (Å²) in [6, 6.07) is 10.2. The summed E-state index contributed by atoms with van der Waals surface area (Å²) in [5, 5.41) is 3.04. The Morgan fingerprint density at radius 3 is 2.31 bits per heavy atom. The van der Waals surface area contributed by atoms with Crippen LogP contribution in [0.1, 0.15) is 48.3 Å². The van der Waals surface area contributed by atoms with E-state index in [2.05, 4.69) is 5.32 Å². The molecule has 2 aromatic rings. The van der Waals surface area contributed by atoms with Gasteiger partial charge < -0.3 is 10.1 Å². The van der Waals surface area contributed by atoms with Crippen LogP contribution in [-0.2, 0) is 14.3 Å². The van der Waals surface area contributed by atoms with Gasteiger partial charge in [-0.15, -0.1) is 0 Å². The number of ketones is 1. The fraction of sp³-hybridized carbons (Fsp3) is 0.417. The molecule has 1 aliphatic heterocycles. The number of benzene rings is 2. The molecule has 1 spiro atoms. The third kappa shape index (κ3) is 3.27. The molecule has 1 unspecified atom stereocenters. The summed E-state index contributed by atoms with van der Waals surface area (Å²) in [5.41, 5.74) is 3.60. The Bertz CT molecular complexity index is 959. The number of aryl methyl sites for hydroxylation is 1. The lowest BCUT2D eigenvalue weighted by Gasteiger charge is -2.35. The Kier molecular flexibility index (Phi) is 5.03. The van der Waals surface area contributed by atoms with Crippen LogP contribution in [0.5, 0.6) is 0 Å². The van der Waals surface area contributed by atoms with Crippen molar-refractivity contribution in [3.63, 3.8) is 0 Å². The molecule has 1 saturated carbocycles. The van der Waals surface area contributed by atoms with E-state index >= 15 is 0 Å². The summed E-state index contributed by atoms with van der Waals surface area (Å²) in [5.74, 6) is -1.33. The van der Waals surface area contributed by atoms with E-state index in [0.717, 1.165) is 40.7 Å². The normalized spacial score (nSPS) is 26.8. The number of hydrogen-bond acceptors (Lipinski definition) is 3. The van der Waals surface area contributed by atoms with Crippen LogP contribution < -0.4 is 5.32 Å². The highest BCUT2D eigenvalue weighted by molar-refractivity contribution is 6.17. The first-order chi connectivity index (χ1) is 13.9. The Hall–Kier alpha value is -2.53. The third-order valence-corrected chi connectivity index (χ3v) is 6.65. The molecule has 2 aliphatic rings. The Morgan fingerprint density at radius 1 is 1.03 bits per heavy atom. The molecule has 0 bridgehead atoms. The Morgan fingerprint density at radius 2 is 1.69 bits per heavy atom. The highest BCUT2D eigenvalue weighted by Gasteiger charge is 2.54. The molecule has 2 aromatic carbocycles. The molecule has 0 aromatic heterocycles. The van der Waals surface area contributed by atoms with Crippen LogP contribution in [0.4, 0.5) is 4.39 Å². The molecule has 1 N–H and O–H groups in total. The van der Waals surface area contributed by atoms with Crippen LogP contribution in [-0.4, -0.2) is 30.4 Å². The van der Waals surface area contributed by atoms with Gasteiger partial charge >= 0.3 is 0 Å². The van der Waals surface area contributed by atoms with Crippen LogP contribution in [0, 0.1) is 19.7 Å². The summed E-state index contributed by atoms with van der Waals surface area (Å²) in [6.45, 7) is 3.87. The summed E-state index contributed by atoms with van der Waals surface area (Å²) in [6.07, 6.45) is 2.91. The van der Waals surface area contributed by atoms with E-state index in [9.17, 15) is 14.0 Å². The quantitative estimate of drug-likeness (QED) is 0.792. The van der Waals surface area contributed by atoms with Gasteiger partial charge in [-0.3, -0.25) is 9.59 Å². The second kappa shape index (κ2) is 7.38. The van der Waals surface area contributed by atoms with Crippen molar-refractivity contribution in [1.82, 2.24) is 5.32 Å². The standard InChI is InChI=1S/C24H26FNO3/c1-14-4-9-19(16-5-7-17(25)8-6-16)15(2)20(14)21-22(27)24(26-23(21)28)12-10-18(29-3)11-13-24/h4-9,18,21H,10-13H2,1-3H3,(H,26,28). The predicted molar refractivity (Wildman–Crippen MR) is 109 cm³/mol. The maximum absolute atomic E-state index is 13.5. The minimum Gasteiger partial charge on any atom is -0.381 e. The Balaban J connectivity index is 1.73. The first kappa shape index (κ1) is 19.8. The molecule has 1 atom stereocenters. The van der Waals surface area contributed by atoms with E-state index in [1.54, 1.807) is 19.2 Å². The number of hydrogen-bond donors (Lipinski definition) is 1. The van der Waals surface area contributed by atoms with Gasteiger partial charge in [0.25, 0.3) is 0 Å². The van der Waals surface area contributed by atoms with Crippen LogP contribution in [0.15, 0.2) is 36.4 Å². The number of ether oxygens (including phenoxy) is 1. The summed E-state index contributed by atoms with van der Waals surface area (Å²) >= 11 is 0. The zero-order valence-electron chi connectivity index (χ0n) is 17.0. The second-order valence-electron chi connectivity index (χ2n) is 8.28. The van der Waals surface area contributed by atoms with Gasteiger partial charge in [-0.2, -0.15) is 0 Å². The first-order valence-corrected chi connectivity index (χ1v) is 10.1. The van der Waals surface area contributed by atoms with Crippen molar-refractivity contribution >= 4 is 11.7 Å². The number of nitrogens with one attached hydrogen (secondary N) is 1. The van der Waals surface area contributed by atoms with E-state index in [-0.39, 0.29) is 23.6 Å². The van der Waals surface area contributed by atoms with Crippen molar-refractivity contribution in [1.29, 1.82) is 0 Å². The molecule has 4 rings (SSSR count). The molecule has 0 radical (unpaired) electrons. The zero-order valence-corrected chi connectivity index (χ0v) is 17.0. The van der Waals surface area contributed by atoms with Crippen molar-refractivity contribution in [2.24, 2.45) is 0 Å². The smallest absolute Gasteiger partial charge is 0.235 e. The van der Waals surface area contributed by atoms with Crippen LogP contribution in [0.25, 0.3) is 11.1 Å². The van der Waals surface area contributed by atoms with Crippen molar-refractivity contribution < 1.29 is 18.7 Å². The monoisotopic (exact) mass is 395 g/mol. The molecule has 4 nitrogen and oxygen atoms in total. The SMILES string of the molecule is COC1CCC2(CC1)NC(=O)C(c1c(C)ccc(-c3ccc(F)cc3)c1C)C2=O. The highest BCUT2D eigenvalue weighted by atomic mass is 19.1. The average Bonchev–Trinajstić information content (AvgIpc) is 2.94. The molecule has 1 saturated heterocycles. The number of halogens is 1. The molecule has 1 heterocycles. The molecule has 29 heavy (non-hydrogen) atoms. The fourth-order valence-corrected chi connectivity index (χ4v) is 4.97. The van der Waals surface area contributed by atoms with E-state index in [1.807, 2.05) is 26.0 Å². The lowest BCUT2D eigenvalue weighted by Crippen LogP contribution is -2.50. The Labute approximate surface area is 170 Å². The molecule has 2 fully saturated rings. The fourth-order valence-electron chi connectivity index (χ4n) is 4.97. The molecular formula is C24H26FNO3. The summed E-state index contributed by atoms with van der Waals surface area (Å²) in [4.78, 5) is 26.5. The van der Waals surface area contributed by atoms with Crippen LogP contribution in [0.2, 0.25) is 0 Å². The first-order valence-electron chi connectivity index (χ1n) is 10.1. The minimum atomic E-state index is -0.797. The van der Waals surface area contributed by atoms with E-state index < -0.39 is 11.5 Å². The van der Waals surface area contributed by atoms with Crippen LogP contribution >= 0.6 is 0 Å². The van der Waals surface area contributed by atoms with Crippen molar-refractivity contribution in [2.45, 2.75) is 57.1 Å². The van der Waals surface area contributed by atoms with Gasteiger partial charge in [-0.1, -0.05) is 24.3 Å². The zero-order chi connectivity index (χ0) is 20.8. The number of amides is 1. The number of carbonyl (C=O) groups excluding carboxylic acids is 2. The molecular weight excluding hydrogens is 369 g/mol. The summed E-state index contributed by atoms with van der Waals surface area (Å²) in [7, 11) is 1.69. The van der Waals surface area contributed by atoms with Gasteiger partial charge in [0, 0.05) is 7.11 Å². The lowest BCUT2D eigenvalue weighted by atomic mass is 9.74. The average molecular weight is 395 g/mol. The van der Waals surface area contributed by atoms with Gasteiger partial charge in [0.2, 0.25) is 5.91 Å². The third-order valence-electron chi connectivity index (χ3n) is 6.65. The second-order valence-corrected chi connectivity index (χ2v) is 8.28. The van der Waals surface area contributed by atoms with Crippen molar-refractivity contribution in [2.75, 3.05) is 7.11 Å². The maximum Gasteiger partial charge on any atom is 0.235 e. The minimum absolute atomic E-state index is 0.0282. The predicted octanol–water partition coefficient (Wildman–Crippen LogP) is 4.22. The largest absolute Gasteiger partial charge is 0.381 e. The molecule has 1 aliphatic carbocycles. The molecule has 152 valence electrons. The summed E-state index contributed by atoms with van der Waals surface area (Å²) < 4.78 is 18.8. The molecule has 5 heteroatoms. The number of methoxy groups -OCH3 is 1. The van der Waals surface area contributed by atoms with Gasteiger partial charge in [0.1, 0.15) is 11.7 Å². The number of carbonyl (C=O) groups is 2. The lowest BCUT2D eigenvalue weighted by molar-refractivity contribution is -0.126. The van der Waals surface area contributed by atoms with Gasteiger partial charge in [0.05, 0.1) is 11.6 Å². The van der Waals surface area contributed by atoms with Crippen molar-refractivity contribution in [3.05, 3.63) is 58.9 Å². The van der Waals surface area contributed by atoms with Gasteiger partial charge in [-0.25, -0.2) is 4.39 Å². The van der Waals surface area contributed by atoms with Crippen LogP contribution in [0.3, 0.4) is 0 Å². The topological polar surface area (TPSA) is 55.4 Å². The van der Waals surface area contributed by atoms with E-state index in [0.29, 0.717) is 12.8 Å². The van der Waals surface area contributed by atoms with E-state index in [1.165, 1.54) is 12.1 Å². The number of rotatable bonds is 3. The maximum atomic E-state index is 13.5.